The number of fused-ring (bicyclic) bond motifs is 1. The van der Waals surface area contributed by atoms with Crippen molar-refractivity contribution in [3.05, 3.63) is 36.0 Å². The van der Waals surface area contributed by atoms with E-state index in [1.165, 1.54) is 11.1 Å². The first-order chi connectivity index (χ1) is 9.92. The van der Waals surface area contributed by atoms with Gasteiger partial charge in [-0.1, -0.05) is 24.3 Å². The number of hydrogen-bond donors (Lipinski definition) is 3. The molecule has 1 amide bonds. The number of nitrogens with zero attached hydrogens (tertiary/aromatic N) is 2. The Morgan fingerprint density at radius 2 is 2.00 bits per heavy atom. The highest BCUT2D eigenvalue weighted by Gasteiger charge is 2.28. The van der Waals surface area contributed by atoms with Gasteiger partial charge in [0.2, 0.25) is 0 Å². The van der Waals surface area contributed by atoms with Crippen molar-refractivity contribution in [3.63, 3.8) is 0 Å². The second-order valence-corrected chi connectivity index (χ2v) is 5.55. The number of aliphatic hydroxyl groups excluding tert-OH is 1. The maximum absolute atomic E-state index is 12.7. The number of anilines is 1. The number of carbonyl (C=O) groups is 1. The van der Waals surface area contributed by atoms with E-state index in [9.17, 15) is 9.90 Å². The molecule has 2 aromatic rings. The van der Waals surface area contributed by atoms with Gasteiger partial charge in [0.05, 0.1) is 17.7 Å². The van der Waals surface area contributed by atoms with Crippen LogP contribution < -0.4 is 11.3 Å². The summed E-state index contributed by atoms with van der Waals surface area (Å²) in [5.74, 6) is 5.78. The summed E-state index contributed by atoms with van der Waals surface area (Å²) < 4.78 is 0. The van der Waals surface area contributed by atoms with Gasteiger partial charge in [0.25, 0.3) is 5.91 Å². The molecule has 1 aromatic carbocycles. The summed E-state index contributed by atoms with van der Waals surface area (Å²) in [5, 5.41) is 11.0. The summed E-state index contributed by atoms with van der Waals surface area (Å²) in [4.78, 5) is 18.4. The molecule has 0 unspecified atom stereocenters. The van der Waals surface area contributed by atoms with Gasteiger partial charge in [0, 0.05) is 18.6 Å². The topological polar surface area (TPSA) is 91.5 Å². The van der Waals surface area contributed by atoms with E-state index in [1.54, 1.807) is 20.9 Å². The van der Waals surface area contributed by atoms with Gasteiger partial charge in [-0.2, -0.15) is 0 Å². The molecule has 0 atom stereocenters. The molecule has 1 aromatic heterocycles. The van der Waals surface area contributed by atoms with Crippen LogP contribution in [0.3, 0.4) is 0 Å². The largest absolute Gasteiger partial charge is 0.394 e. The minimum atomic E-state index is -0.650. The second kappa shape index (κ2) is 5.67. The predicted octanol–water partition coefficient (Wildman–Crippen LogP) is 1.36. The SMILES string of the molecule is CN(C(=O)c1cnc(NN)c2ccccc12)C(C)(C)CO. The number of carbonyl (C=O) groups excluding carboxylic acids is 1. The fraction of sp³-hybridized carbons (Fsp3) is 0.333. The monoisotopic (exact) mass is 288 g/mol. The lowest BCUT2D eigenvalue weighted by atomic mass is 10.0. The van der Waals surface area contributed by atoms with Gasteiger partial charge in [0.1, 0.15) is 5.82 Å². The van der Waals surface area contributed by atoms with Crippen LogP contribution in [-0.2, 0) is 0 Å². The van der Waals surface area contributed by atoms with Crippen molar-refractivity contribution in [2.45, 2.75) is 19.4 Å². The molecule has 0 aliphatic rings. The van der Waals surface area contributed by atoms with Crippen molar-refractivity contribution in [2.24, 2.45) is 5.84 Å². The van der Waals surface area contributed by atoms with Crippen LogP contribution in [0.15, 0.2) is 30.5 Å². The number of benzene rings is 1. The van der Waals surface area contributed by atoms with E-state index in [1.807, 2.05) is 24.3 Å². The van der Waals surface area contributed by atoms with E-state index >= 15 is 0 Å². The minimum Gasteiger partial charge on any atom is -0.394 e. The van der Waals surface area contributed by atoms with Crippen LogP contribution in [0.5, 0.6) is 0 Å². The Hall–Kier alpha value is -2.18. The maximum atomic E-state index is 12.7. The van der Waals surface area contributed by atoms with E-state index in [0.717, 1.165) is 10.8 Å². The third kappa shape index (κ3) is 2.68. The molecule has 1 heterocycles. The molecular formula is C15H20N4O2. The van der Waals surface area contributed by atoms with Crippen molar-refractivity contribution in [1.82, 2.24) is 9.88 Å². The number of likely N-dealkylation sites (N-methyl/N-ethyl adjacent to an activating group) is 1. The van der Waals surface area contributed by atoms with Gasteiger partial charge in [-0.3, -0.25) is 4.79 Å². The van der Waals surface area contributed by atoms with Crippen molar-refractivity contribution in [2.75, 3.05) is 19.1 Å². The Balaban J connectivity index is 2.55. The van der Waals surface area contributed by atoms with E-state index in [2.05, 4.69) is 10.4 Å². The molecule has 6 nitrogen and oxygen atoms in total. The molecule has 6 heteroatoms. The Bertz CT molecular complexity index is 670. The Morgan fingerprint density at radius 1 is 1.38 bits per heavy atom. The molecule has 0 fully saturated rings. The Kier molecular flexibility index (Phi) is 4.11. The standard InChI is InChI=1S/C15H20N4O2/c1-15(2,9-20)19(3)14(21)12-8-17-13(18-16)11-7-5-4-6-10(11)12/h4-8,20H,9,16H2,1-3H3,(H,17,18). The highest BCUT2D eigenvalue weighted by atomic mass is 16.3. The highest BCUT2D eigenvalue weighted by Crippen LogP contribution is 2.26. The molecule has 0 saturated heterocycles. The summed E-state index contributed by atoms with van der Waals surface area (Å²) in [5.41, 5.74) is 2.36. The van der Waals surface area contributed by atoms with Crippen LogP contribution in [-0.4, -0.2) is 40.1 Å². The van der Waals surface area contributed by atoms with Crippen molar-refractivity contribution in [1.29, 1.82) is 0 Å². The van der Waals surface area contributed by atoms with Gasteiger partial charge >= 0.3 is 0 Å². The van der Waals surface area contributed by atoms with Gasteiger partial charge in [0.15, 0.2) is 0 Å². The van der Waals surface area contributed by atoms with E-state index in [-0.39, 0.29) is 12.5 Å². The number of amides is 1. The smallest absolute Gasteiger partial charge is 0.256 e. The fourth-order valence-corrected chi connectivity index (χ4v) is 2.04. The third-order valence-corrected chi connectivity index (χ3v) is 3.76. The Morgan fingerprint density at radius 3 is 2.57 bits per heavy atom. The number of pyridine rings is 1. The average molecular weight is 288 g/mol. The molecule has 2 rings (SSSR count). The van der Waals surface area contributed by atoms with E-state index in [4.69, 9.17) is 5.84 Å². The van der Waals surface area contributed by atoms with Crippen LogP contribution in [0.1, 0.15) is 24.2 Å². The number of aromatic nitrogens is 1. The lowest BCUT2D eigenvalue weighted by molar-refractivity contribution is 0.0475. The van der Waals surface area contributed by atoms with Gasteiger partial charge in [-0.05, 0) is 19.2 Å². The molecule has 0 spiro atoms. The summed E-state index contributed by atoms with van der Waals surface area (Å²) in [6.07, 6.45) is 1.50. The molecule has 4 N–H and O–H groups in total. The van der Waals surface area contributed by atoms with Crippen LogP contribution in [0.25, 0.3) is 10.8 Å². The lowest BCUT2D eigenvalue weighted by Gasteiger charge is -2.34. The van der Waals surface area contributed by atoms with Crippen LogP contribution in [0, 0.1) is 0 Å². The maximum Gasteiger partial charge on any atom is 0.256 e. The second-order valence-electron chi connectivity index (χ2n) is 5.55. The Labute approximate surface area is 123 Å². The molecular weight excluding hydrogens is 268 g/mol. The highest BCUT2D eigenvalue weighted by molar-refractivity contribution is 6.09. The zero-order valence-electron chi connectivity index (χ0n) is 12.4. The molecule has 0 aliphatic carbocycles. The molecule has 112 valence electrons. The van der Waals surface area contributed by atoms with E-state index in [0.29, 0.717) is 11.4 Å². The average Bonchev–Trinajstić information content (AvgIpc) is 2.52. The van der Waals surface area contributed by atoms with Gasteiger partial charge < -0.3 is 15.4 Å². The predicted molar refractivity (Wildman–Crippen MR) is 82.8 cm³/mol. The fourth-order valence-electron chi connectivity index (χ4n) is 2.04. The van der Waals surface area contributed by atoms with E-state index < -0.39 is 5.54 Å². The zero-order chi connectivity index (χ0) is 15.6. The number of nitrogen functional groups attached to an aromatic ring is 1. The minimum absolute atomic E-state index is 0.122. The van der Waals surface area contributed by atoms with Crippen molar-refractivity contribution >= 4 is 22.5 Å². The molecule has 0 saturated carbocycles. The quantitative estimate of drug-likeness (QED) is 0.583. The number of hydrazine groups is 1. The summed E-state index contributed by atoms with van der Waals surface area (Å²) in [6.45, 7) is 3.48. The summed E-state index contributed by atoms with van der Waals surface area (Å²) in [7, 11) is 1.67. The zero-order valence-corrected chi connectivity index (χ0v) is 12.4. The molecule has 0 bridgehead atoms. The normalized spacial score (nSPS) is 11.5. The number of nitrogens with two attached hydrogens (primary N) is 1. The van der Waals surface area contributed by atoms with Crippen molar-refractivity contribution in [3.8, 4) is 0 Å². The molecule has 21 heavy (non-hydrogen) atoms. The van der Waals surface area contributed by atoms with Gasteiger partial charge in [-0.25, -0.2) is 10.8 Å². The molecule has 0 radical (unpaired) electrons. The summed E-state index contributed by atoms with van der Waals surface area (Å²) in [6, 6.07) is 7.42. The van der Waals surface area contributed by atoms with Crippen molar-refractivity contribution < 1.29 is 9.90 Å². The number of aliphatic hydroxyl groups is 1. The third-order valence-electron chi connectivity index (χ3n) is 3.76. The lowest BCUT2D eigenvalue weighted by Crippen LogP contribution is -2.47. The number of rotatable bonds is 4. The van der Waals surface area contributed by atoms with Crippen LogP contribution in [0.4, 0.5) is 5.82 Å². The van der Waals surface area contributed by atoms with Crippen LogP contribution in [0.2, 0.25) is 0 Å². The number of nitrogens with one attached hydrogen (secondary N) is 1. The first kappa shape index (κ1) is 15.2. The number of hydrogen-bond acceptors (Lipinski definition) is 5. The first-order valence-electron chi connectivity index (χ1n) is 6.65. The van der Waals surface area contributed by atoms with Crippen LogP contribution >= 0.6 is 0 Å². The van der Waals surface area contributed by atoms with Gasteiger partial charge in [-0.15, -0.1) is 0 Å². The molecule has 0 aliphatic heterocycles. The summed E-state index contributed by atoms with van der Waals surface area (Å²) >= 11 is 0. The first-order valence-corrected chi connectivity index (χ1v) is 6.65.